The zero-order chi connectivity index (χ0) is 11.4. The summed E-state index contributed by atoms with van der Waals surface area (Å²) in [5.41, 5.74) is 2.07. The highest BCUT2D eigenvalue weighted by Crippen LogP contribution is 2.24. The third-order valence-corrected chi connectivity index (χ3v) is 4.15. The van der Waals surface area contributed by atoms with Gasteiger partial charge in [-0.05, 0) is 37.1 Å². The molecule has 1 aromatic carbocycles. The minimum absolute atomic E-state index is 0.182. The Kier molecular flexibility index (Phi) is 3.88. The summed E-state index contributed by atoms with van der Waals surface area (Å²) in [5.74, 6) is 2.55. The quantitative estimate of drug-likeness (QED) is 0.853. The summed E-state index contributed by atoms with van der Waals surface area (Å²) >= 11 is 1.89. The van der Waals surface area contributed by atoms with Gasteiger partial charge >= 0.3 is 0 Å². The second-order valence-corrected chi connectivity index (χ2v) is 5.37. The summed E-state index contributed by atoms with van der Waals surface area (Å²) in [5, 5.41) is 3.03. The molecular weight excluding hydrogens is 218 g/mol. The molecule has 0 saturated carbocycles. The highest BCUT2D eigenvalue weighted by atomic mass is 32.2. The molecule has 1 atom stereocenters. The van der Waals surface area contributed by atoms with E-state index in [1.54, 1.807) is 0 Å². The predicted molar refractivity (Wildman–Crippen MR) is 69.9 cm³/mol. The van der Waals surface area contributed by atoms with Crippen molar-refractivity contribution in [1.82, 2.24) is 0 Å². The third-order valence-electron chi connectivity index (χ3n) is 2.93. The minimum atomic E-state index is 0.182. The molecule has 16 heavy (non-hydrogen) atoms. The molecule has 2 rings (SSSR count). The molecule has 1 unspecified atom stereocenters. The number of hydrogen-bond donors (Lipinski definition) is 1. The molecule has 1 heterocycles. The summed E-state index contributed by atoms with van der Waals surface area (Å²) in [6.45, 7) is 2.02. The van der Waals surface area contributed by atoms with Crippen molar-refractivity contribution in [3.63, 3.8) is 0 Å². The zero-order valence-electron chi connectivity index (χ0n) is 9.53. The lowest BCUT2D eigenvalue weighted by Crippen LogP contribution is -2.27. The van der Waals surface area contributed by atoms with E-state index >= 15 is 0 Å². The molecule has 1 amide bonds. The van der Waals surface area contributed by atoms with Gasteiger partial charge < -0.3 is 5.32 Å². The lowest BCUT2D eigenvalue weighted by Gasteiger charge is -2.20. The van der Waals surface area contributed by atoms with Gasteiger partial charge in [-0.1, -0.05) is 18.2 Å². The lowest BCUT2D eigenvalue weighted by molar-refractivity contribution is -0.119. The smallest absolute Gasteiger partial charge is 0.228 e. The van der Waals surface area contributed by atoms with Crippen LogP contribution >= 0.6 is 11.8 Å². The molecule has 1 aromatic rings. The van der Waals surface area contributed by atoms with Crippen molar-refractivity contribution >= 4 is 23.4 Å². The summed E-state index contributed by atoms with van der Waals surface area (Å²) in [7, 11) is 0. The first kappa shape index (κ1) is 11.5. The highest BCUT2D eigenvalue weighted by molar-refractivity contribution is 7.99. The van der Waals surface area contributed by atoms with Crippen molar-refractivity contribution in [1.29, 1.82) is 0 Å². The molecule has 1 fully saturated rings. The van der Waals surface area contributed by atoms with Crippen LogP contribution in [0.15, 0.2) is 24.3 Å². The molecule has 86 valence electrons. The van der Waals surface area contributed by atoms with Crippen LogP contribution in [0.3, 0.4) is 0 Å². The number of para-hydroxylation sites is 1. The Hall–Kier alpha value is -0.960. The molecule has 1 saturated heterocycles. The summed E-state index contributed by atoms with van der Waals surface area (Å²) in [6.07, 6.45) is 2.20. The van der Waals surface area contributed by atoms with Crippen LogP contribution in [0.4, 0.5) is 5.69 Å². The molecule has 0 spiro atoms. The maximum atomic E-state index is 12.0. The van der Waals surface area contributed by atoms with E-state index in [1.807, 2.05) is 43.0 Å². The summed E-state index contributed by atoms with van der Waals surface area (Å²) in [4.78, 5) is 12.0. The van der Waals surface area contributed by atoms with Crippen LogP contribution in [0.2, 0.25) is 0 Å². The molecule has 1 N–H and O–H groups in total. The second kappa shape index (κ2) is 5.39. The largest absolute Gasteiger partial charge is 0.326 e. The molecule has 1 aliphatic heterocycles. The van der Waals surface area contributed by atoms with Crippen LogP contribution in [0, 0.1) is 12.8 Å². The SMILES string of the molecule is Cc1ccccc1NC(=O)C1CCCSC1. The maximum Gasteiger partial charge on any atom is 0.228 e. The van der Waals surface area contributed by atoms with Crippen molar-refractivity contribution in [2.24, 2.45) is 5.92 Å². The van der Waals surface area contributed by atoms with Gasteiger partial charge in [0.2, 0.25) is 5.91 Å². The van der Waals surface area contributed by atoms with Gasteiger partial charge in [0.25, 0.3) is 0 Å². The van der Waals surface area contributed by atoms with Crippen molar-refractivity contribution in [3.05, 3.63) is 29.8 Å². The van der Waals surface area contributed by atoms with E-state index in [2.05, 4.69) is 5.32 Å². The van der Waals surface area contributed by atoms with Gasteiger partial charge in [0.05, 0.1) is 0 Å². The maximum absolute atomic E-state index is 12.0. The van der Waals surface area contributed by atoms with E-state index in [0.29, 0.717) is 0 Å². The van der Waals surface area contributed by atoms with Crippen LogP contribution in [-0.4, -0.2) is 17.4 Å². The Balaban J connectivity index is 1.99. The van der Waals surface area contributed by atoms with Crippen LogP contribution in [0.5, 0.6) is 0 Å². The average molecular weight is 235 g/mol. The molecule has 3 heteroatoms. The molecule has 0 bridgehead atoms. The fourth-order valence-corrected chi connectivity index (χ4v) is 3.04. The zero-order valence-corrected chi connectivity index (χ0v) is 10.3. The van der Waals surface area contributed by atoms with E-state index in [9.17, 15) is 4.79 Å². The molecule has 0 radical (unpaired) electrons. The van der Waals surface area contributed by atoms with Crippen molar-refractivity contribution in [2.75, 3.05) is 16.8 Å². The standard InChI is InChI=1S/C13H17NOS/c1-10-5-2-3-7-12(10)14-13(15)11-6-4-8-16-9-11/h2-3,5,7,11H,4,6,8-9H2,1H3,(H,14,15). The number of thioether (sulfide) groups is 1. The van der Waals surface area contributed by atoms with E-state index in [0.717, 1.165) is 29.8 Å². The number of carbonyl (C=O) groups is 1. The van der Waals surface area contributed by atoms with Crippen molar-refractivity contribution in [2.45, 2.75) is 19.8 Å². The molecule has 1 aliphatic rings. The Morgan fingerprint density at radius 3 is 2.94 bits per heavy atom. The Labute approximate surface area is 101 Å². The molecule has 2 nitrogen and oxygen atoms in total. The van der Waals surface area contributed by atoms with Gasteiger partial charge in [0, 0.05) is 17.4 Å². The van der Waals surface area contributed by atoms with Gasteiger partial charge in [0.1, 0.15) is 0 Å². The van der Waals surface area contributed by atoms with E-state index in [1.165, 1.54) is 5.75 Å². The van der Waals surface area contributed by atoms with E-state index in [-0.39, 0.29) is 11.8 Å². The molecule has 0 aromatic heterocycles. The van der Waals surface area contributed by atoms with Crippen LogP contribution in [0.1, 0.15) is 18.4 Å². The number of carbonyl (C=O) groups excluding carboxylic acids is 1. The number of aryl methyl sites for hydroxylation is 1. The van der Waals surface area contributed by atoms with Gasteiger partial charge in [-0.3, -0.25) is 4.79 Å². The fourth-order valence-electron chi connectivity index (χ4n) is 1.90. The molecule has 0 aliphatic carbocycles. The van der Waals surface area contributed by atoms with E-state index < -0.39 is 0 Å². The lowest BCUT2D eigenvalue weighted by atomic mass is 10.0. The Morgan fingerprint density at radius 1 is 1.44 bits per heavy atom. The monoisotopic (exact) mass is 235 g/mol. The van der Waals surface area contributed by atoms with Crippen molar-refractivity contribution in [3.8, 4) is 0 Å². The van der Waals surface area contributed by atoms with Crippen LogP contribution in [-0.2, 0) is 4.79 Å². The van der Waals surface area contributed by atoms with Gasteiger partial charge in [-0.25, -0.2) is 0 Å². The Bertz CT molecular complexity index is 372. The van der Waals surface area contributed by atoms with Crippen LogP contribution in [0.25, 0.3) is 0 Å². The van der Waals surface area contributed by atoms with Crippen molar-refractivity contribution < 1.29 is 4.79 Å². The third kappa shape index (κ3) is 2.79. The first-order valence-corrected chi connectivity index (χ1v) is 6.87. The van der Waals surface area contributed by atoms with Crippen LogP contribution < -0.4 is 5.32 Å². The first-order valence-electron chi connectivity index (χ1n) is 5.71. The first-order chi connectivity index (χ1) is 7.77. The summed E-state index contributed by atoms with van der Waals surface area (Å²) in [6, 6.07) is 7.92. The predicted octanol–water partition coefficient (Wildman–Crippen LogP) is 3.08. The Morgan fingerprint density at radius 2 is 2.25 bits per heavy atom. The average Bonchev–Trinajstić information content (AvgIpc) is 2.33. The van der Waals surface area contributed by atoms with Gasteiger partial charge in [-0.15, -0.1) is 0 Å². The second-order valence-electron chi connectivity index (χ2n) is 4.22. The fraction of sp³-hybridized carbons (Fsp3) is 0.462. The minimum Gasteiger partial charge on any atom is -0.326 e. The van der Waals surface area contributed by atoms with Gasteiger partial charge in [0.15, 0.2) is 0 Å². The number of benzene rings is 1. The number of amides is 1. The van der Waals surface area contributed by atoms with Gasteiger partial charge in [-0.2, -0.15) is 11.8 Å². The van der Waals surface area contributed by atoms with E-state index in [4.69, 9.17) is 0 Å². The number of nitrogens with one attached hydrogen (secondary N) is 1. The molecular formula is C13H17NOS. The number of hydrogen-bond acceptors (Lipinski definition) is 2. The highest BCUT2D eigenvalue weighted by Gasteiger charge is 2.21. The normalized spacial score (nSPS) is 20.4. The number of rotatable bonds is 2. The summed E-state index contributed by atoms with van der Waals surface area (Å²) < 4.78 is 0. The number of anilines is 1. The topological polar surface area (TPSA) is 29.1 Å².